The van der Waals surface area contributed by atoms with Crippen LogP contribution >= 0.6 is 0 Å². The van der Waals surface area contributed by atoms with Gasteiger partial charge < -0.3 is 15.2 Å². The summed E-state index contributed by atoms with van der Waals surface area (Å²) in [6.45, 7) is 7.33. The topological polar surface area (TPSA) is 44.5 Å². The van der Waals surface area contributed by atoms with Crippen molar-refractivity contribution in [1.82, 2.24) is 0 Å². The van der Waals surface area contributed by atoms with Gasteiger partial charge in [0.2, 0.25) is 0 Å². The molecule has 1 saturated heterocycles. The van der Waals surface area contributed by atoms with Gasteiger partial charge in [-0.15, -0.1) is 0 Å². The van der Waals surface area contributed by atoms with E-state index in [1.807, 2.05) is 6.92 Å². The molecule has 78 valence electrons. The number of ether oxygens (including phenoxy) is 2. The van der Waals surface area contributed by atoms with Gasteiger partial charge in [0.25, 0.3) is 0 Å². The molecule has 3 nitrogen and oxygen atoms in total. The highest BCUT2D eigenvalue weighted by atomic mass is 16.5. The Morgan fingerprint density at radius 2 is 2.38 bits per heavy atom. The molecule has 0 aromatic carbocycles. The molecule has 0 spiro atoms. The summed E-state index contributed by atoms with van der Waals surface area (Å²) in [6, 6.07) is 0. The molecule has 0 saturated carbocycles. The predicted octanol–water partition coefficient (Wildman–Crippen LogP) is 1.02. The van der Waals surface area contributed by atoms with Crippen LogP contribution in [0.5, 0.6) is 0 Å². The minimum atomic E-state index is 0.261. The molecule has 0 amide bonds. The van der Waals surface area contributed by atoms with E-state index in [1.54, 1.807) is 0 Å². The lowest BCUT2D eigenvalue weighted by atomic mass is 9.85. The van der Waals surface area contributed by atoms with Gasteiger partial charge in [-0.25, -0.2) is 0 Å². The van der Waals surface area contributed by atoms with E-state index in [1.165, 1.54) is 0 Å². The van der Waals surface area contributed by atoms with Gasteiger partial charge in [-0.1, -0.05) is 6.92 Å². The van der Waals surface area contributed by atoms with E-state index in [2.05, 4.69) is 6.92 Å². The normalized spacial score (nSPS) is 31.6. The Kier molecular flexibility index (Phi) is 4.70. The third kappa shape index (κ3) is 2.93. The van der Waals surface area contributed by atoms with Crippen LogP contribution in [0, 0.1) is 11.8 Å². The van der Waals surface area contributed by atoms with Crippen LogP contribution in [0.4, 0.5) is 0 Å². The molecule has 0 aromatic rings. The largest absolute Gasteiger partial charge is 0.379 e. The van der Waals surface area contributed by atoms with E-state index in [9.17, 15) is 0 Å². The first kappa shape index (κ1) is 11.0. The first-order chi connectivity index (χ1) is 6.29. The average Bonchev–Trinajstić information content (AvgIpc) is 2.18. The molecule has 1 rings (SSSR count). The summed E-state index contributed by atoms with van der Waals surface area (Å²) in [4.78, 5) is 0. The summed E-state index contributed by atoms with van der Waals surface area (Å²) >= 11 is 0. The molecule has 1 heterocycles. The molecule has 0 aromatic heterocycles. The van der Waals surface area contributed by atoms with Crippen molar-refractivity contribution in [3.63, 3.8) is 0 Å². The van der Waals surface area contributed by atoms with Crippen LogP contribution in [0.1, 0.15) is 20.3 Å². The molecule has 3 atom stereocenters. The lowest BCUT2D eigenvalue weighted by molar-refractivity contribution is -0.0925. The van der Waals surface area contributed by atoms with Gasteiger partial charge in [-0.05, 0) is 31.7 Å². The zero-order valence-corrected chi connectivity index (χ0v) is 8.66. The highest BCUT2D eigenvalue weighted by Gasteiger charge is 2.29. The number of nitrogens with two attached hydrogens (primary N) is 1. The standard InChI is InChI=1S/C10H21NO2/c1-3-13-10-7-12-5-4-9(10)8(2)6-11/h8-10H,3-7,11H2,1-2H3. The van der Waals surface area contributed by atoms with Crippen LogP contribution in [0.3, 0.4) is 0 Å². The minimum Gasteiger partial charge on any atom is -0.379 e. The van der Waals surface area contributed by atoms with Crippen LogP contribution in [0.2, 0.25) is 0 Å². The van der Waals surface area contributed by atoms with Crippen molar-refractivity contribution in [1.29, 1.82) is 0 Å². The predicted molar refractivity (Wildman–Crippen MR) is 52.6 cm³/mol. The summed E-state index contributed by atoms with van der Waals surface area (Å²) in [5.74, 6) is 1.12. The van der Waals surface area contributed by atoms with Crippen molar-refractivity contribution >= 4 is 0 Å². The molecule has 0 radical (unpaired) electrons. The van der Waals surface area contributed by atoms with E-state index >= 15 is 0 Å². The molecule has 0 bridgehead atoms. The highest BCUT2D eigenvalue weighted by Crippen LogP contribution is 2.25. The van der Waals surface area contributed by atoms with Crippen molar-refractivity contribution in [2.75, 3.05) is 26.4 Å². The summed E-state index contributed by atoms with van der Waals surface area (Å²) in [7, 11) is 0. The number of hydrogen-bond donors (Lipinski definition) is 1. The maximum absolute atomic E-state index is 5.66. The van der Waals surface area contributed by atoms with Crippen LogP contribution in [-0.4, -0.2) is 32.5 Å². The monoisotopic (exact) mass is 187 g/mol. The maximum Gasteiger partial charge on any atom is 0.0840 e. The summed E-state index contributed by atoms with van der Waals surface area (Å²) < 4.78 is 11.0. The lowest BCUT2D eigenvalue weighted by Crippen LogP contribution is -2.40. The van der Waals surface area contributed by atoms with Crippen molar-refractivity contribution in [2.45, 2.75) is 26.4 Å². The van der Waals surface area contributed by atoms with E-state index in [-0.39, 0.29) is 6.10 Å². The number of rotatable bonds is 4. The van der Waals surface area contributed by atoms with Gasteiger partial charge in [-0.2, -0.15) is 0 Å². The SMILES string of the molecule is CCOC1COCCC1C(C)CN. The quantitative estimate of drug-likeness (QED) is 0.714. The molecule has 3 heteroatoms. The third-order valence-electron chi connectivity index (χ3n) is 2.84. The molecule has 1 fully saturated rings. The molecule has 0 aliphatic carbocycles. The van der Waals surface area contributed by atoms with Gasteiger partial charge in [0.05, 0.1) is 12.7 Å². The molecular formula is C10H21NO2. The first-order valence-corrected chi connectivity index (χ1v) is 5.19. The Bertz CT molecular complexity index is 139. The molecular weight excluding hydrogens is 166 g/mol. The second-order valence-electron chi connectivity index (χ2n) is 3.73. The zero-order chi connectivity index (χ0) is 9.68. The Morgan fingerprint density at radius 3 is 3.00 bits per heavy atom. The second-order valence-corrected chi connectivity index (χ2v) is 3.73. The fourth-order valence-corrected chi connectivity index (χ4v) is 1.94. The van der Waals surface area contributed by atoms with Gasteiger partial charge in [-0.3, -0.25) is 0 Å². The van der Waals surface area contributed by atoms with Crippen LogP contribution in [0.15, 0.2) is 0 Å². The van der Waals surface area contributed by atoms with Crippen LogP contribution < -0.4 is 5.73 Å². The summed E-state index contributed by atoms with van der Waals surface area (Å²) in [5, 5.41) is 0. The van der Waals surface area contributed by atoms with Crippen LogP contribution in [0.25, 0.3) is 0 Å². The lowest BCUT2D eigenvalue weighted by Gasteiger charge is -2.34. The van der Waals surface area contributed by atoms with Gasteiger partial charge in [0.15, 0.2) is 0 Å². The Labute approximate surface area is 80.6 Å². The van der Waals surface area contributed by atoms with Crippen LogP contribution in [-0.2, 0) is 9.47 Å². The van der Waals surface area contributed by atoms with Crippen molar-refractivity contribution < 1.29 is 9.47 Å². The summed E-state index contributed by atoms with van der Waals surface area (Å²) in [5.41, 5.74) is 5.66. The molecule has 3 unspecified atom stereocenters. The fraction of sp³-hybridized carbons (Fsp3) is 1.00. The van der Waals surface area contributed by atoms with Crippen molar-refractivity contribution in [3.8, 4) is 0 Å². The molecule has 1 aliphatic rings. The molecule has 13 heavy (non-hydrogen) atoms. The maximum atomic E-state index is 5.66. The second kappa shape index (κ2) is 5.58. The summed E-state index contributed by atoms with van der Waals surface area (Å²) in [6.07, 6.45) is 1.35. The number of hydrogen-bond acceptors (Lipinski definition) is 3. The zero-order valence-electron chi connectivity index (χ0n) is 8.66. The van der Waals surface area contributed by atoms with E-state index < -0.39 is 0 Å². The third-order valence-corrected chi connectivity index (χ3v) is 2.84. The minimum absolute atomic E-state index is 0.261. The average molecular weight is 187 g/mol. The Morgan fingerprint density at radius 1 is 1.62 bits per heavy atom. The molecule has 2 N–H and O–H groups in total. The highest BCUT2D eigenvalue weighted by molar-refractivity contribution is 4.78. The fourth-order valence-electron chi connectivity index (χ4n) is 1.94. The van der Waals surface area contributed by atoms with Gasteiger partial charge in [0.1, 0.15) is 0 Å². The Balaban J connectivity index is 2.45. The van der Waals surface area contributed by atoms with E-state index in [0.717, 1.165) is 32.8 Å². The van der Waals surface area contributed by atoms with Crippen molar-refractivity contribution in [3.05, 3.63) is 0 Å². The Hall–Kier alpha value is -0.120. The van der Waals surface area contributed by atoms with E-state index in [0.29, 0.717) is 11.8 Å². The van der Waals surface area contributed by atoms with Crippen molar-refractivity contribution in [2.24, 2.45) is 17.6 Å². The first-order valence-electron chi connectivity index (χ1n) is 5.19. The molecule has 1 aliphatic heterocycles. The smallest absolute Gasteiger partial charge is 0.0840 e. The van der Waals surface area contributed by atoms with Gasteiger partial charge >= 0.3 is 0 Å². The van der Waals surface area contributed by atoms with E-state index in [4.69, 9.17) is 15.2 Å². The van der Waals surface area contributed by atoms with Gasteiger partial charge in [0, 0.05) is 13.2 Å².